The molecule has 0 spiro atoms. The lowest BCUT2D eigenvalue weighted by Gasteiger charge is -2.22. The average Bonchev–Trinajstić information content (AvgIpc) is 2.69. The number of aromatic nitrogens is 1. The molecule has 1 aliphatic carbocycles. The van der Waals surface area contributed by atoms with Crippen molar-refractivity contribution in [1.82, 2.24) is 10.3 Å². The molecule has 0 unspecified atom stereocenters. The zero-order valence-electron chi connectivity index (χ0n) is 15.1. The summed E-state index contributed by atoms with van der Waals surface area (Å²) in [5.41, 5.74) is 2.74. The largest absolute Gasteiger partial charge is 0.349 e. The van der Waals surface area contributed by atoms with E-state index in [9.17, 15) is 9.59 Å². The maximum absolute atomic E-state index is 12.5. The molecule has 5 nitrogen and oxygen atoms in total. The van der Waals surface area contributed by atoms with Gasteiger partial charge in [-0.15, -0.1) is 0 Å². The number of carbonyl (C=O) groups excluding carboxylic acids is 2. The van der Waals surface area contributed by atoms with Gasteiger partial charge in [-0.3, -0.25) is 14.6 Å². The number of nitrogens with one attached hydrogen (secondary N) is 2. The van der Waals surface area contributed by atoms with Crippen molar-refractivity contribution in [2.75, 3.05) is 5.32 Å². The van der Waals surface area contributed by atoms with E-state index in [1.807, 2.05) is 24.3 Å². The maximum Gasteiger partial charge on any atom is 0.257 e. The Morgan fingerprint density at radius 2 is 1.65 bits per heavy atom. The summed E-state index contributed by atoms with van der Waals surface area (Å²) < 4.78 is 0. The molecule has 1 aromatic heterocycles. The van der Waals surface area contributed by atoms with Gasteiger partial charge in [0.05, 0.1) is 11.1 Å². The number of hydrogen-bond acceptors (Lipinski definition) is 3. The van der Waals surface area contributed by atoms with Crippen molar-refractivity contribution in [2.24, 2.45) is 0 Å². The van der Waals surface area contributed by atoms with Crippen LogP contribution in [0.15, 0.2) is 42.7 Å². The van der Waals surface area contributed by atoms with Crippen LogP contribution < -0.4 is 10.6 Å². The number of hydrogen-bond donors (Lipinski definition) is 2. The van der Waals surface area contributed by atoms with Crippen LogP contribution >= 0.6 is 0 Å². The Kier molecular flexibility index (Phi) is 6.00. The van der Waals surface area contributed by atoms with E-state index in [0.717, 1.165) is 37.8 Å². The van der Waals surface area contributed by atoms with Gasteiger partial charge in [0.25, 0.3) is 11.8 Å². The molecule has 0 aliphatic heterocycles. The van der Waals surface area contributed by atoms with Crippen molar-refractivity contribution in [2.45, 2.75) is 51.5 Å². The number of carbonyl (C=O) groups is 2. The average molecular weight is 351 g/mol. The van der Waals surface area contributed by atoms with Gasteiger partial charge in [0.15, 0.2) is 0 Å². The van der Waals surface area contributed by atoms with Crippen LogP contribution in [-0.4, -0.2) is 22.8 Å². The normalized spacial score (nSPS) is 14.7. The van der Waals surface area contributed by atoms with Crippen LogP contribution in [-0.2, 0) is 6.42 Å². The van der Waals surface area contributed by atoms with Crippen LogP contribution in [0.1, 0.15) is 65.3 Å². The summed E-state index contributed by atoms with van der Waals surface area (Å²) in [5, 5.41) is 5.90. The summed E-state index contributed by atoms with van der Waals surface area (Å²) in [5.74, 6) is -0.430. The molecule has 0 atom stereocenters. The Bertz CT molecular complexity index is 765. The van der Waals surface area contributed by atoms with E-state index in [1.54, 1.807) is 6.07 Å². The molecule has 1 aliphatic rings. The van der Waals surface area contributed by atoms with Gasteiger partial charge in [-0.25, -0.2) is 0 Å². The Hall–Kier alpha value is -2.69. The first-order valence-corrected chi connectivity index (χ1v) is 9.32. The molecule has 2 amide bonds. The number of pyridine rings is 1. The smallest absolute Gasteiger partial charge is 0.257 e. The minimum atomic E-state index is -0.269. The lowest BCUT2D eigenvalue weighted by atomic mass is 9.95. The van der Waals surface area contributed by atoms with Crippen LogP contribution in [0, 0.1) is 0 Å². The monoisotopic (exact) mass is 351 g/mol. The minimum absolute atomic E-state index is 0.161. The third-order valence-corrected chi connectivity index (χ3v) is 4.82. The lowest BCUT2D eigenvalue weighted by Crippen LogP contribution is -2.36. The molecule has 1 aromatic carbocycles. The summed E-state index contributed by atoms with van der Waals surface area (Å²) in [7, 11) is 0. The lowest BCUT2D eigenvalue weighted by molar-refractivity contribution is 0.0927. The van der Waals surface area contributed by atoms with Crippen molar-refractivity contribution < 1.29 is 9.59 Å². The van der Waals surface area contributed by atoms with Crippen LogP contribution in [0.3, 0.4) is 0 Å². The molecular weight excluding hydrogens is 326 g/mol. The van der Waals surface area contributed by atoms with E-state index >= 15 is 0 Å². The molecule has 2 aromatic rings. The van der Waals surface area contributed by atoms with E-state index < -0.39 is 0 Å². The van der Waals surface area contributed by atoms with E-state index in [1.165, 1.54) is 24.4 Å². The van der Waals surface area contributed by atoms with Crippen molar-refractivity contribution in [3.63, 3.8) is 0 Å². The van der Waals surface area contributed by atoms with Crippen LogP contribution in [0.25, 0.3) is 0 Å². The highest BCUT2D eigenvalue weighted by atomic mass is 16.2. The molecular formula is C21H25N3O2. The summed E-state index contributed by atoms with van der Waals surface area (Å²) in [4.78, 5) is 29.0. The van der Waals surface area contributed by atoms with Crippen molar-refractivity contribution in [1.29, 1.82) is 0 Å². The second-order valence-electron chi connectivity index (χ2n) is 6.78. The SMILES string of the molecule is CCc1ccc(NC(=O)c2cncc(C(=O)NC3CCCCC3)c2)cc1. The van der Waals surface area contributed by atoms with E-state index in [2.05, 4.69) is 22.5 Å². The molecule has 0 bridgehead atoms. The van der Waals surface area contributed by atoms with Gasteiger partial charge in [-0.2, -0.15) is 0 Å². The van der Waals surface area contributed by atoms with Gasteiger partial charge in [-0.05, 0) is 43.0 Å². The van der Waals surface area contributed by atoms with Gasteiger partial charge in [-0.1, -0.05) is 38.3 Å². The maximum atomic E-state index is 12.5. The van der Waals surface area contributed by atoms with Crippen molar-refractivity contribution in [3.8, 4) is 0 Å². The molecule has 26 heavy (non-hydrogen) atoms. The fourth-order valence-electron chi connectivity index (χ4n) is 3.23. The zero-order chi connectivity index (χ0) is 18.4. The molecule has 5 heteroatoms. The zero-order valence-corrected chi connectivity index (χ0v) is 15.1. The van der Waals surface area contributed by atoms with E-state index in [4.69, 9.17) is 0 Å². The van der Waals surface area contributed by atoms with Crippen molar-refractivity contribution in [3.05, 3.63) is 59.4 Å². The van der Waals surface area contributed by atoms with Gasteiger partial charge in [0.2, 0.25) is 0 Å². The van der Waals surface area contributed by atoms with Crippen LogP contribution in [0.4, 0.5) is 5.69 Å². The Labute approximate surface area is 154 Å². The highest BCUT2D eigenvalue weighted by molar-refractivity contribution is 6.05. The highest BCUT2D eigenvalue weighted by Crippen LogP contribution is 2.18. The first-order chi connectivity index (χ1) is 12.7. The fourth-order valence-corrected chi connectivity index (χ4v) is 3.23. The summed E-state index contributed by atoms with van der Waals surface area (Å²) in [6, 6.07) is 9.56. The number of aryl methyl sites for hydroxylation is 1. The molecule has 0 saturated heterocycles. The molecule has 2 N–H and O–H groups in total. The number of nitrogens with zero attached hydrogens (tertiary/aromatic N) is 1. The third kappa shape index (κ3) is 4.69. The first-order valence-electron chi connectivity index (χ1n) is 9.32. The molecule has 1 fully saturated rings. The van der Waals surface area contributed by atoms with Gasteiger partial charge >= 0.3 is 0 Å². The molecule has 3 rings (SSSR count). The van der Waals surface area contributed by atoms with Gasteiger partial charge < -0.3 is 10.6 Å². The highest BCUT2D eigenvalue weighted by Gasteiger charge is 2.18. The Balaban J connectivity index is 1.65. The number of benzene rings is 1. The van der Waals surface area contributed by atoms with E-state index in [-0.39, 0.29) is 17.9 Å². The van der Waals surface area contributed by atoms with E-state index in [0.29, 0.717) is 11.1 Å². The summed E-state index contributed by atoms with van der Waals surface area (Å²) in [6.07, 6.45) is 9.53. The first kappa shape index (κ1) is 18.1. The quantitative estimate of drug-likeness (QED) is 0.856. The van der Waals surface area contributed by atoms with Crippen molar-refractivity contribution >= 4 is 17.5 Å². The molecule has 136 valence electrons. The predicted molar refractivity (Wildman–Crippen MR) is 102 cm³/mol. The standard InChI is InChI=1S/C21H25N3O2/c1-2-15-8-10-19(11-9-15)24-21(26)17-12-16(13-22-14-17)20(25)23-18-6-4-3-5-7-18/h8-14,18H,2-7H2,1H3,(H,23,25)(H,24,26). The minimum Gasteiger partial charge on any atom is -0.349 e. The molecule has 1 saturated carbocycles. The van der Waals surface area contributed by atoms with Crippen LogP contribution in [0.5, 0.6) is 0 Å². The van der Waals surface area contributed by atoms with Gasteiger partial charge in [0, 0.05) is 24.1 Å². The number of rotatable bonds is 5. The molecule has 1 heterocycles. The fraction of sp³-hybridized carbons (Fsp3) is 0.381. The Morgan fingerprint density at radius 1 is 1.00 bits per heavy atom. The number of amides is 2. The van der Waals surface area contributed by atoms with Crippen LogP contribution in [0.2, 0.25) is 0 Å². The van der Waals surface area contributed by atoms with Gasteiger partial charge in [0.1, 0.15) is 0 Å². The second-order valence-corrected chi connectivity index (χ2v) is 6.78. The molecule has 0 radical (unpaired) electrons. The Morgan fingerprint density at radius 3 is 2.31 bits per heavy atom. The topological polar surface area (TPSA) is 71.1 Å². The second kappa shape index (κ2) is 8.61. The number of anilines is 1. The summed E-state index contributed by atoms with van der Waals surface area (Å²) in [6.45, 7) is 2.09. The third-order valence-electron chi connectivity index (χ3n) is 4.82. The predicted octanol–water partition coefficient (Wildman–Crippen LogP) is 3.96. The summed E-state index contributed by atoms with van der Waals surface area (Å²) >= 11 is 0.